The molecule has 0 aliphatic rings. The summed E-state index contributed by atoms with van der Waals surface area (Å²) in [5, 5.41) is 0. The fraction of sp³-hybridized carbons (Fsp3) is 0.632. The van der Waals surface area contributed by atoms with Gasteiger partial charge < -0.3 is 9.47 Å². The molecule has 0 aliphatic heterocycles. The first kappa shape index (κ1) is 18.5. The minimum atomic E-state index is -0.146. The molecule has 3 nitrogen and oxygen atoms in total. The molecule has 0 saturated carbocycles. The molecule has 3 heteroatoms. The van der Waals surface area contributed by atoms with Crippen LogP contribution in [0.15, 0.2) is 18.2 Å². The van der Waals surface area contributed by atoms with Gasteiger partial charge in [0, 0.05) is 12.0 Å². The Morgan fingerprint density at radius 1 is 1.09 bits per heavy atom. The van der Waals surface area contributed by atoms with Crippen LogP contribution in [0.5, 0.6) is 11.5 Å². The van der Waals surface area contributed by atoms with E-state index in [-0.39, 0.29) is 11.4 Å². The van der Waals surface area contributed by atoms with Crippen molar-refractivity contribution in [3.05, 3.63) is 23.8 Å². The van der Waals surface area contributed by atoms with Gasteiger partial charge in [0.25, 0.3) is 0 Å². The summed E-state index contributed by atoms with van der Waals surface area (Å²) in [7, 11) is 1.64. The third-order valence-corrected chi connectivity index (χ3v) is 3.70. The van der Waals surface area contributed by atoms with Gasteiger partial charge in [0.2, 0.25) is 0 Å². The number of unbranched alkanes of at least 4 members (excludes halogenated alkanes) is 4. The molecule has 0 N–H and O–H groups in total. The van der Waals surface area contributed by atoms with E-state index in [1.54, 1.807) is 7.11 Å². The Balaban J connectivity index is 2.66. The van der Waals surface area contributed by atoms with Crippen molar-refractivity contribution in [2.45, 2.75) is 71.6 Å². The molecule has 0 saturated heterocycles. The molecule has 0 bridgehead atoms. The molecule has 22 heavy (non-hydrogen) atoms. The first-order valence-electron chi connectivity index (χ1n) is 8.27. The summed E-state index contributed by atoms with van der Waals surface area (Å²) in [6.45, 7) is 8.49. The van der Waals surface area contributed by atoms with E-state index < -0.39 is 0 Å². The van der Waals surface area contributed by atoms with E-state index in [4.69, 9.17) is 9.47 Å². The normalized spacial score (nSPS) is 11.3. The number of ether oxygens (including phenoxy) is 2. The van der Waals surface area contributed by atoms with Gasteiger partial charge in [-0.3, -0.25) is 4.79 Å². The van der Waals surface area contributed by atoms with Crippen molar-refractivity contribution in [2.24, 2.45) is 0 Å². The number of esters is 1. The number of hydrogen-bond donors (Lipinski definition) is 0. The van der Waals surface area contributed by atoms with Gasteiger partial charge in [-0.2, -0.15) is 0 Å². The van der Waals surface area contributed by atoms with Crippen LogP contribution >= 0.6 is 0 Å². The Hall–Kier alpha value is -1.51. The molecule has 1 aromatic carbocycles. The maximum Gasteiger partial charge on any atom is 0.311 e. The van der Waals surface area contributed by atoms with Gasteiger partial charge in [0.15, 0.2) is 0 Å². The lowest BCUT2D eigenvalue weighted by molar-refractivity contribution is -0.134. The van der Waals surface area contributed by atoms with E-state index >= 15 is 0 Å². The number of methoxy groups -OCH3 is 1. The van der Waals surface area contributed by atoms with E-state index in [1.807, 2.05) is 18.2 Å². The third kappa shape index (κ3) is 6.08. The van der Waals surface area contributed by atoms with E-state index in [0.717, 1.165) is 24.2 Å². The third-order valence-electron chi connectivity index (χ3n) is 3.70. The Labute approximate surface area is 135 Å². The largest absolute Gasteiger partial charge is 0.497 e. The Bertz CT molecular complexity index is 472. The van der Waals surface area contributed by atoms with Crippen molar-refractivity contribution in [1.82, 2.24) is 0 Å². The van der Waals surface area contributed by atoms with Crippen LogP contribution in [0.25, 0.3) is 0 Å². The average Bonchev–Trinajstić information content (AvgIpc) is 2.46. The second-order valence-electron chi connectivity index (χ2n) is 6.75. The van der Waals surface area contributed by atoms with Crippen LogP contribution < -0.4 is 9.47 Å². The van der Waals surface area contributed by atoms with Crippen LogP contribution in [0, 0.1) is 0 Å². The highest BCUT2D eigenvalue weighted by molar-refractivity contribution is 5.73. The summed E-state index contributed by atoms with van der Waals surface area (Å²) in [6, 6.07) is 5.61. The second-order valence-corrected chi connectivity index (χ2v) is 6.75. The fourth-order valence-corrected chi connectivity index (χ4v) is 2.36. The molecule has 1 rings (SSSR count). The van der Waals surface area contributed by atoms with E-state index in [9.17, 15) is 4.79 Å². The standard InChI is InChI=1S/C19H30O3/c1-6-7-8-9-10-11-18(20)22-17-13-12-15(21-5)14-16(17)19(2,3)4/h12-14H,6-11H2,1-5H3. The molecule has 1 aromatic rings. The second kappa shape index (κ2) is 8.82. The lowest BCUT2D eigenvalue weighted by Gasteiger charge is -2.23. The number of hydrogen-bond acceptors (Lipinski definition) is 3. The predicted molar refractivity (Wildman–Crippen MR) is 90.7 cm³/mol. The quantitative estimate of drug-likeness (QED) is 0.373. The van der Waals surface area contributed by atoms with Crippen LogP contribution in [-0.2, 0) is 10.2 Å². The van der Waals surface area contributed by atoms with E-state index in [1.165, 1.54) is 19.3 Å². The Morgan fingerprint density at radius 2 is 1.77 bits per heavy atom. The average molecular weight is 306 g/mol. The molecule has 124 valence electrons. The maximum atomic E-state index is 12.0. The fourth-order valence-electron chi connectivity index (χ4n) is 2.36. The number of carbonyl (C=O) groups is 1. The lowest BCUT2D eigenvalue weighted by Crippen LogP contribution is -2.16. The summed E-state index contributed by atoms with van der Waals surface area (Å²) < 4.78 is 10.9. The first-order valence-corrected chi connectivity index (χ1v) is 8.27. The zero-order valence-electron chi connectivity index (χ0n) is 14.7. The molecular formula is C19H30O3. The number of carbonyl (C=O) groups excluding carboxylic acids is 1. The lowest BCUT2D eigenvalue weighted by atomic mass is 9.86. The smallest absolute Gasteiger partial charge is 0.311 e. The van der Waals surface area contributed by atoms with Crippen molar-refractivity contribution in [3.63, 3.8) is 0 Å². The zero-order valence-corrected chi connectivity index (χ0v) is 14.7. The highest BCUT2D eigenvalue weighted by Crippen LogP contribution is 2.34. The van der Waals surface area contributed by atoms with Crippen LogP contribution in [0.2, 0.25) is 0 Å². The van der Waals surface area contributed by atoms with Gasteiger partial charge in [-0.15, -0.1) is 0 Å². The minimum absolute atomic E-state index is 0.106. The molecule has 0 fully saturated rings. The van der Waals surface area contributed by atoms with E-state index in [2.05, 4.69) is 27.7 Å². The molecule has 0 unspecified atom stereocenters. The molecular weight excluding hydrogens is 276 g/mol. The molecule has 0 aliphatic carbocycles. The van der Waals surface area contributed by atoms with Gasteiger partial charge in [-0.25, -0.2) is 0 Å². The van der Waals surface area contributed by atoms with Gasteiger partial charge in [-0.1, -0.05) is 53.4 Å². The molecule has 0 aromatic heterocycles. The summed E-state index contributed by atoms with van der Waals surface area (Å²) >= 11 is 0. The molecule has 0 spiro atoms. The molecule has 0 radical (unpaired) electrons. The Kier molecular flexibility index (Phi) is 7.43. The summed E-state index contributed by atoms with van der Waals surface area (Å²) in [5.41, 5.74) is 0.886. The molecule has 0 heterocycles. The highest BCUT2D eigenvalue weighted by atomic mass is 16.5. The van der Waals surface area contributed by atoms with Crippen molar-refractivity contribution in [3.8, 4) is 11.5 Å². The van der Waals surface area contributed by atoms with Crippen molar-refractivity contribution in [1.29, 1.82) is 0 Å². The van der Waals surface area contributed by atoms with Crippen LogP contribution in [-0.4, -0.2) is 13.1 Å². The predicted octanol–water partition coefficient (Wildman–Crippen LogP) is 5.26. The summed E-state index contributed by atoms with van der Waals surface area (Å²) in [5.74, 6) is 1.28. The van der Waals surface area contributed by atoms with Crippen LogP contribution in [0.4, 0.5) is 0 Å². The molecule has 0 atom stereocenters. The maximum absolute atomic E-state index is 12.0. The highest BCUT2D eigenvalue weighted by Gasteiger charge is 2.21. The van der Waals surface area contributed by atoms with Gasteiger partial charge in [0.1, 0.15) is 11.5 Å². The van der Waals surface area contributed by atoms with Crippen molar-refractivity contribution >= 4 is 5.97 Å². The molecule has 0 amide bonds. The van der Waals surface area contributed by atoms with Gasteiger partial charge >= 0.3 is 5.97 Å². The minimum Gasteiger partial charge on any atom is -0.497 e. The van der Waals surface area contributed by atoms with Gasteiger partial charge in [-0.05, 0) is 30.0 Å². The van der Waals surface area contributed by atoms with Crippen LogP contribution in [0.3, 0.4) is 0 Å². The summed E-state index contributed by atoms with van der Waals surface area (Å²) in [6.07, 6.45) is 6.13. The van der Waals surface area contributed by atoms with Crippen molar-refractivity contribution < 1.29 is 14.3 Å². The number of rotatable bonds is 8. The van der Waals surface area contributed by atoms with Crippen molar-refractivity contribution in [2.75, 3.05) is 7.11 Å². The Morgan fingerprint density at radius 3 is 2.36 bits per heavy atom. The van der Waals surface area contributed by atoms with Gasteiger partial charge in [0.05, 0.1) is 7.11 Å². The number of benzene rings is 1. The topological polar surface area (TPSA) is 35.5 Å². The summed E-state index contributed by atoms with van der Waals surface area (Å²) in [4.78, 5) is 12.0. The monoisotopic (exact) mass is 306 g/mol. The SMILES string of the molecule is CCCCCCCC(=O)Oc1ccc(OC)cc1C(C)(C)C. The van der Waals surface area contributed by atoms with E-state index in [0.29, 0.717) is 12.2 Å². The van der Waals surface area contributed by atoms with Crippen LogP contribution in [0.1, 0.15) is 71.8 Å². The zero-order chi connectivity index (χ0) is 16.6. The first-order chi connectivity index (χ1) is 10.4.